The van der Waals surface area contributed by atoms with Crippen LogP contribution in [-0.4, -0.2) is 254 Å². The number of carbonyl (C=O) groups is 3. The number of fused-ring (bicyclic) bond motifs is 2. The zero-order chi connectivity index (χ0) is 67.2. The number of benzene rings is 4. The Morgan fingerprint density at radius 2 is 1.13 bits per heavy atom. The summed E-state index contributed by atoms with van der Waals surface area (Å²) < 4.78 is 73.1. The molecule has 35 heteroatoms. The highest BCUT2D eigenvalue weighted by molar-refractivity contribution is 5.91. The summed E-state index contributed by atoms with van der Waals surface area (Å²) in [5, 5.41) is 181. The van der Waals surface area contributed by atoms with Crippen LogP contribution in [0.15, 0.2) is 91.2 Å². The Balaban J connectivity index is 0.883. The molecule has 0 bridgehead atoms. The smallest absolute Gasteiger partial charge is 0.337 e. The van der Waals surface area contributed by atoms with E-state index in [9.17, 15) is 111 Å². The molecule has 17 N–H and O–H groups in total. The van der Waals surface area contributed by atoms with Gasteiger partial charge < -0.3 is 148 Å². The van der Waals surface area contributed by atoms with Gasteiger partial charge in [-0.15, -0.1) is 0 Å². The first-order chi connectivity index (χ1) is 44.2. The van der Waals surface area contributed by atoms with Gasteiger partial charge in [-0.1, -0.05) is 0 Å². The van der Waals surface area contributed by atoms with Crippen LogP contribution >= 0.6 is 0 Å². The van der Waals surface area contributed by atoms with Gasteiger partial charge in [0, 0.05) is 35.4 Å². The molecule has 0 spiro atoms. The number of esters is 3. The Morgan fingerprint density at radius 3 is 1.80 bits per heavy atom. The van der Waals surface area contributed by atoms with E-state index in [4.69, 9.17) is 56.2 Å². The fraction of sp³-hybridized carbons (Fsp3) is 0.431. The van der Waals surface area contributed by atoms with Gasteiger partial charge in [-0.2, -0.15) is 0 Å². The lowest BCUT2D eigenvalue weighted by molar-refractivity contribution is -0.358. The van der Waals surface area contributed by atoms with Crippen LogP contribution in [0, 0.1) is 0 Å². The van der Waals surface area contributed by atoms with Crippen LogP contribution in [0.2, 0.25) is 0 Å². The zero-order valence-electron chi connectivity index (χ0n) is 47.8. The fourth-order valence-corrected chi connectivity index (χ4v) is 10.4. The molecular formula is C58H60O35. The third-order valence-corrected chi connectivity index (χ3v) is 15.4. The van der Waals surface area contributed by atoms with E-state index in [1.807, 2.05) is 0 Å². The molecule has 0 amide bonds. The molecule has 0 radical (unpaired) electrons. The van der Waals surface area contributed by atoms with E-state index in [2.05, 4.69) is 4.74 Å². The predicted octanol–water partition coefficient (Wildman–Crippen LogP) is -4.55. The molecule has 6 heterocycles. The topological polar surface area (TPSA) is 557 Å². The molecule has 4 saturated heterocycles. The maximum absolute atomic E-state index is 14.7. The Hall–Kier alpha value is -8.57. The summed E-state index contributed by atoms with van der Waals surface area (Å²) in [6.45, 7) is -2.90. The predicted molar refractivity (Wildman–Crippen MR) is 296 cm³/mol. The number of carbonyl (C=O) groups excluding carboxylic acids is 3. The number of ether oxygens (including phenoxy) is 11. The standard InChI is InChI=1S/C58H60O35/c1-81-54(80)51-44(76)45(77)52(90-35(68)14-34(67)82-17-33-39(71)42(74)46(78)55(89-33)86-30-13-23-25(64)9-21(62)10-28(23)84-48(30)19-4-7-24(63)26(65)8-19)57(92-51)83-22-11-27(66)36-29(12-22)85-49(18-2-5-20(61)6-3-18)50(40(36)72)91-58-53(43(75)38(70)32(16-60)88-58)93-56-47(79)41(73)37(69)31(15-59)87-56/h2-13,31-33,37-39,41-47,51-53,55-61,63-66,69-71,73-79H,14-17H2,1H3/t31-,32-,33-,37-,38-,39-,41+,42+,43+,44+,45+,46-,47-,51+,52-,53-,55-,56+,57-,58+/m1/s1. The van der Waals surface area contributed by atoms with E-state index >= 15 is 0 Å². The van der Waals surface area contributed by atoms with Crippen LogP contribution in [-0.2, 0) is 52.3 Å². The highest BCUT2D eigenvalue weighted by atomic mass is 16.8. The second-order valence-electron chi connectivity index (χ2n) is 21.6. The quantitative estimate of drug-likeness (QED) is 0.0167. The van der Waals surface area contributed by atoms with E-state index in [0.29, 0.717) is 0 Å². The summed E-state index contributed by atoms with van der Waals surface area (Å²) in [6, 6.07) is 12.7. The molecule has 10 rings (SSSR count). The summed E-state index contributed by atoms with van der Waals surface area (Å²) >= 11 is 0. The molecule has 4 aromatic rings. The Bertz CT molecular complexity index is 3780. The Kier molecular flexibility index (Phi) is 19.9. The summed E-state index contributed by atoms with van der Waals surface area (Å²) in [4.78, 5) is 66.6. The normalized spacial score (nSPS) is 31.3. The van der Waals surface area contributed by atoms with Gasteiger partial charge in [-0.3, -0.25) is 19.2 Å². The number of aliphatic hydroxyl groups excluding tert-OH is 12. The van der Waals surface area contributed by atoms with Crippen molar-refractivity contribution < 1.29 is 162 Å². The third kappa shape index (κ3) is 13.6. The molecule has 35 nitrogen and oxygen atoms in total. The molecule has 20 atom stereocenters. The minimum atomic E-state index is -2.33. The number of methoxy groups -OCH3 is 1. The lowest BCUT2D eigenvalue weighted by Crippen LogP contribution is -2.65. The average molecular weight is 1320 g/mol. The lowest BCUT2D eigenvalue weighted by atomic mass is 9.97. The zero-order valence-corrected chi connectivity index (χ0v) is 47.8. The molecule has 1 aliphatic carbocycles. The maximum atomic E-state index is 14.7. The molecular weight excluding hydrogens is 1260 g/mol. The number of aliphatic hydroxyl groups is 12. The van der Waals surface area contributed by atoms with Crippen molar-refractivity contribution in [3.8, 4) is 80.0 Å². The van der Waals surface area contributed by atoms with Crippen molar-refractivity contribution in [2.75, 3.05) is 26.9 Å². The molecule has 0 unspecified atom stereocenters. The van der Waals surface area contributed by atoms with Crippen molar-refractivity contribution in [3.05, 3.63) is 93.2 Å². The van der Waals surface area contributed by atoms with Crippen LogP contribution in [0.4, 0.5) is 0 Å². The minimum absolute atomic E-state index is 0.00159. The molecule has 1 aromatic heterocycles. The van der Waals surface area contributed by atoms with E-state index < -0.39 is 229 Å². The van der Waals surface area contributed by atoms with Crippen molar-refractivity contribution in [1.29, 1.82) is 0 Å². The summed E-state index contributed by atoms with van der Waals surface area (Å²) in [5.41, 5.74) is -2.70. The molecule has 6 aliphatic rings. The molecule has 0 saturated carbocycles. The van der Waals surface area contributed by atoms with Gasteiger partial charge >= 0.3 is 17.9 Å². The lowest BCUT2D eigenvalue weighted by Gasteiger charge is -2.45. The SMILES string of the molecule is COC(=O)[C@H]1O[C@@H](Oc2cc(O)c3c(=O)c(O[C@@H]4O[C@H](CO)[C@@H](O)[C@H](O)[C@H]4O[C@@H]4O[C@H](CO)[C@@H](O)[C@H](O)[C@H]4O)c(-c4ccc(O)cc4)oc3c2)[C@H](OC(=O)CC(=O)OC[C@H]2O[C@@H](Oc3cc4c(O)cc(=O)cc-4oc3-c3ccc(O)c(O)c3)[C@H](O)[C@@H](O)[C@@H]2O)[C@@H](O)[C@@H]1O. The first kappa shape index (κ1) is 67.3. The van der Waals surface area contributed by atoms with Crippen LogP contribution in [0.25, 0.3) is 44.9 Å². The van der Waals surface area contributed by atoms with Crippen LogP contribution < -0.4 is 25.1 Å². The second kappa shape index (κ2) is 27.6. The Morgan fingerprint density at radius 1 is 0.516 bits per heavy atom. The monoisotopic (exact) mass is 1320 g/mol. The van der Waals surface area contributed by atoms with E-state index in [1.54, 1.807) is 0 Å². The molecule has 4 fully saturated rings. The molecule has 5 aliphatic heterocycles. The summed E-state index contributed by atoms with van der Waals surface area (Å²) in [5.74, 6) is -10.2. The van der Waals surface area contributed by atoms with Crippen molar-refractivity contribution >= 4 is 28.9 Å². The molecule has 93 heavy (non-hydrogen) atoms. The van der Waals surface area contributed by atoms with Gasteiger partial charge in [-0.25, -0.2) is 4.79 Å². The summed E-state index contributed by atoms with van der Waals surface area (Å²) in [6.07, 6.45) is -41.9. The van der Waals surface area contributed by atoms with Gasteiger partial charge in [0.05, 0.1) is 25.9 Å². The van der Waals surface area contributed by atoms with Gasteiger partial charge in [0.15, 0.2) is 58.8 Å². The van der Waals surface area contributed by atoms with Gasteiger partial charge in [0.2, 0.25) is 30.0 Å². The van der Waals surface area contributed by atoms with Crippen molar-refractivity contribution in [2.24, 2.45) is 0 Å². The highest BCUT2D eigenvalue weighted by Gasteiger charge is 2.54. The fourth-order valence-electron chi connectivity index (χ4n) is 10.4. The van der Waals surface area contributed by atoms with E-state index in [0.717, 1.165) is 61.7 Å². The van der Waals surface area contributed by atoms with Crippen molar-refractivity contribution in [1.82, 2.24) is 0 Å². The number of rotatable bonds is 18. The first-order valence-corrected chi connectivity index (χ1v) is 27.9. The number of phenolic OH excluding ortho intramolecular Hbond substituents is 5. The van der Waals surface area contributed by atoms with Gasteiger partial charge in [0.1, 0.15) is 132 Å². The number of hydrogen-bond donors (Lipinski definition) is 17. The van der Waals surface area contributed by atoms with E-state index in [1.165, 1.54) is 18.2 Å². The average Bonchev–Trinajstić information content (AvgIpc) is 0.810. The maximum Gasteiger partial charge on any atom is 0.337 e. The number of phenols is 5. The van der Waals surface area contributed by atoms with E-state index in [-0.39, 0.29) is 39.7 Å². The van der Waals surface area contributed by atoms with Gasteiger partial charge in [0.25, 0.3) is 0 Å². The molecule has 3 aromatic carbocycles. The number of hydrogen-bond acceptors (Lipinski definition) is 35. The Labute approximate surface area is 519 Å². The number of aromatic hydroxyl groups is 5. The second-order valence-corrected chi connectivity index (χ2v) is 21.6. The van der Waals surface area contributed by atoms with Crippen LogP contribution in [0.3, 0.4) is 0 Å². The third-order valence-electron chi connectivity index (χ3n) is 15.4. The van der Waals surface area contributed by atoms with Gasteiger partial charge in [-0.05, 0) is 48.5 Å². The first-order valence-electron chi connectivity index (χ1n) is 27.9. The highest BCUT2D eigenvalue weighted by Crippen LogP contribution is 2.44. The largest absolute Gasteiger partial charge is 0.508 e. The van der Waals surface area contributed by atoms with Crippen LogP contribution in [0.1, 0.15) is 6.42 Å². The summed E-state index contributed by atoms with van der Waals surface area (Å²) in [7, 11) is 0.880. The van der Waals surface area contributed by atoms with Crippen molar-refractivity contribution in [3.63, 3.8) is 0 Å². The molecule has 502 valence electrons. The van der Waals surface area contributed by atoms with Crippen molar-refractivity contribution in [2.45, 2.75) is 129 Å². The van der Waals surface area contributed by atoms with Crippen LogP contribution in [0.5, 0.6) is 46.0 Å². The minimum Gasteiger partial charge on any atom is -0.508 e.